The summed E-state index contributed by atoms with van der Waals surface area (Å²) in [5.74, 6) is -1.63. The van der Waals surface area contributed by atoms with Gasteiger partial charge in [0, 0.05) is 50.2 Å². The summed E-state index contributed by atoms with van der Waals surface area (Å²) in [5.41, 5.74) is 1.31. The Kier molecular flexibility index (Phi) is 4.47. The Hall–Kier alpha value is -2.12. The molecule has 6 nitrogen and oxygen atoms in total. The van der Waals surface area contributed by atoms with E-state index in [1.807, 2.05) is 18.9 Å². The number of carbonyl (C=O) groups is 1. The largest absolute Gasteiger partial charge is 0.478 e. The molecule has 7 heteroatoms. The highest BCUT2D eigenvalue weighted by Crippen LogP contribution is 2.40. The standard InChI is InChI=1S/C17H22FN3O3/c1-3-20-10-12(17(23)24)16(22)11-8-13(18)15(9-14(11)20)21-6-4-19(2)5-7-21/h8-10,16,22H,3-7H2,1-2H3,(H,23,24). The number of carboxylic acids is 1. The van der Waals surface area contributed by atoms with Crippen LogP contribution in [0, 0.1) is 5.82 Å². The number of likely N-dealkylation sites (N-methyl/N-ethyl adjacent to an activating group) is 1. The van der Waals surface area contributed by atoms with Crippen molar-refractivity contribution in [2.45, 2.75) is 13.0 Å². The third kappa shape index (κ3) is 2.85. The third-order valence-corrected chi connectivity index (χ3v) is 4.72. The summed E-state index contributed by atoms with van der Waals surface area (Å²) in [6, 6.07) is 2.99. The van der Waals surface area contributed by atoms with Crippen molar-refractivity contribution >= 4 is 17.3 Å². The van der Waals surface area contributed by atoms with Gasteiger partial charge in [0.1, 0.15) is 11.9 Å². The smallest absolute Gasteiger partial charge is 0.336 e. The maximum atomic E-state index is 14.6. The van der Waals surface area contributed by atoms with Crippen LogP contribution in [0.15, 0.2) is 23.9 Å². The first-order valence-electron chi connectivity index (χ1n) is 8.09. The summed E-state index contributed by atoms with van der Waals surface area (Å²) in [6.07, 6.45) is 0.109. The molecule has 2 heterocycles. The number of fused-ring (bicyclic) bond motifs is 1. The lowest BCUT2D eigenvalue weighted by atomic mass is 9.95. The van der Waals surface area contributed by atoms with E-state index in [-0.39, 0.29) is 5.57 Å². The molecule has 0 radical (unpaired) electrons. The molecule has 2 N–H and O–H groups in total. The summed E-state index contributed by atoms with van der Waals surface area (Å²) < 4.78 is 14.6. The summed E-state index contributed by atoms with van der Waals surface area (Å²) in [6.45, 7) is 5.61. The predicted molar refractivity (Wildman–Crippen MR) is 89.8 cm³/mol. The Balaban J connectivity index is 2.01. The van der Waals surface area contributed by atoms with Gasteiger partial charge in [-0.15, -0.1) is 0 Å². The summed E-state index contributed by atoms with van der Waals surface area (Å²) in [7, 11) is 2.04. The number of aliphatic carboxylic acids is 1. The molecule has 0 aromatic heterocycles. The molecule has 0 bridgehead atoms. The number of halogens is 1. The highest BCUT2D eigenvalue weighted by atomic mass is 19.1. The topological polar surface area (TPSA) is 67.2 Å². The van der Waals surface area contributed by atoms with E-state index in [4.69, 9.17) is 0 Å². The van der Waals surface area contributed by atoms with Gasteiger partial charge < -0.3 is 24.9 Å². The van der Waals surface area contributed by atoms with Gasteiger partial charge in [0.25, 0.3) is 0 Å². The second-order valence-electron chi connectivity index (χ2n) is 6.23. The van der Waals surface area contributed by atoms with Gasteiger partial charge >= 0.3 is 5.97 Å². The van der Waals surface area contributed by atoms with E-state index in [1.165, 1.54) is 12.3 Å². The van der Waals surface area contributed by atoms with Crippen LogP contribution in [0.5, 0.6) is 0 Å². The van der Waals surface area contributed by atoms with E-state index >= 15 is 0 Å². The van der Waals surface area contributed by atoms with E-state index in [0.29, 0.717) is 23.5 Å². The Labute approximate surface area is 140 Å². The van der Waals surface area contributed by atoms with Crippen LogP contribution in [0.1, 0.15) is 18.6 Å². The normalized spacial score (nSPS) is 21.5. The fourth-order valence-corrected chi connectivity index (χ4v) is 3.23. The number of hydrogen-bond acceptors (Lipinski definition) is 5. The van der Waals surface area contributed by atoms with E-state index in [0.717, 1.165) is 26.2 Å². The van der Waals surface area contributed by atoms with Crippen LogP contribution in [-0.2, 0) is 4.79 Å². The lowest BCUT2D eigenvalue weighted by Gasteiger charge is -2.36. The summed E-state index contributed by atoms with van der Waals surface area (Å²) in [5, 5.41) is 19.5. The van der Waals surface area contributed by atoms with Crippen molar-refractivity contribution in [2.75, 3.05) is 49.6 Å². The number of aliphatic hydroxyl groups is 1. The molecular formula is C17H22FN3O3. The first-order chi connectivity index (χ1) is 11.4. The highest BCUT2D eigenvalue weighted by Gasteiger charge is 2.31. The molecule has 24 heavy (non-hydrogen) atoms. The van der Waals surface area contributed by atoms with E-state index < -0.39 is 17.9 Å². The minimum Gasteiger partial charge on any atom is -0.478 e. The fraction of sp³-hybridized carbons (Fsp3) is 0.471. The van der Waals surface area contributed by atoms with Crippen molar-refractivity contribution in [1.82, 2.24) is 4.90 Å². The molecule has 1 aromatic rings. The molecule has 0 saturated carbocycles. The van der Waals surface area contributed by atoms with Gasteiger partial charge in [0.05, 0.1) is 11.3 Å². The van der Waals surface area contributed by atoms with Crippen LogP contribution in [0.2, 0.25) is 0 Å². The van der Waals surface area contributed by atoms with Crippen LogP contribution in [0.25, 0.3) is 0 Å². The Morgan fingerprint density at radius 1 is 1.25 bits per heavy atom. The van der Waals surface area contributed by atoms with Gasteiger partial charge in [-0.2, -0.15) is 0 Å². The maximum absolute atomic E-state index is 14.6. The van der Waals surface area contributed by atoms with Gasteiger partial charge in [0.2, 0.25) is 0 Å². The first-order valence-corrected chi connectivity index (χ1v) is 8.09. The van der Waals surface area contributed by atoms with Gasteiger partial charge in [0.15, 0.2) is 0 Å². The average Bonchev–Trinajstić information content (AvgIpc) is 2.56. The molecule has 130 valence electrons. The fourth-order valence-electron chi connectivity index (χ4n) is 3.23. The van der Waals surface area contributed by atoms with E-state index in [9.17, 15) is 19.4 Å². The monoisotopic (exact) mass is 335 g/mol. The number of nitrogens with zero attached hydrogens (tertiary/aromatic N) is 3. The summed E-state index contributed by atoms with van der Waals surface area (Å²) >= 11 is 0. The molecule has 2 aliphatic rings. The lowest BCUT2D eigenvalue weighted by Crippen LogP contribution is -2.45. The average molecular weight is 335 g/mol. The SMILES string of the molecule is CCN1C=C(C(=O)O)C(O)c2cc(F)c(N3CCN(C)CC3)cc21. The molecule has 1 saturated heterocycles. The molecule has 1 unspecified atom stereocenters. The molecular weight excluding hydrogens is 313 g/mol. The summed E-state index contributed by atoms with van der Waals surface area (Å²) in [4.78, 5) is 17.2. The molecule has 3 rings (SSSR count). The van der Waals surface area contributed by atoms with Crippen LogP contribution in [0.4, 0.5) is 15.8 Å². The highest BCUT2D eigenvalue weighted by molar-refractivity contribution is 5.90. The maximum Gasteiger partial charge on any atom is 0.336 e. The predicted octanol–water partition coefficient (Wildman–Crippen LogP) is 1.42. The minimum absolute atomic E-state index is 0.143. The molecule has 0 aliphatic carbocycles. The van der Waals surface area contributed by atoms with Gasteiger partial charge in [-0.1, -0.05) is 0 Å². The lowest BCUT2D eigenvalue weighted by molar-refractivity contribution is -0.133. The van der Waals surface area contributed by atoms with E-state index in [1.54, 1.807) is 11.0 Å². The molecule has 1 atom stereocenters. The second kappa shape index (κ2) is 6.41. The quantitative estimate of drug-likeness (QED) is 0.871. The Morgan fingerprint density at radius 2 is 1.92 bits per heavy atom. The van der Waals surface area contributed by atoms with Crippen molar-refractivity contribution in [3.63, 3.8) is 0 Å². The zero-order valence-electron chi connectivity index (χ0n) is 13.9. The van der Waals surface area contributed by atoms with Gasteiger partial charge in [-0.25, -0.2) is 9.18 Å². The van der Waals surface area contributed by atoms with Crippen LogP contribution in [0.3, 0.4) is 0 Å². The number of anilines is 2. The van der Waals surface area contributed by atoms with Gasteiger partial charge in [-0.05, 0) is 26.1 Å². The second-order valence-corrected chi connectivity index (χ2v) is 6.23. The molecule has 0 amide bonds. The molecule has 1 aromatic carbocycles. The number of benzene rings is 1. The Morgan fingerprint density at radius 3 is 2.50 bits per heavy atom. The van der Waals surface area contributed by atoms with Crippen LogP contribution in [-0.4, -0.2) is 60.9 Å². The number of carboxylic acid groups (broad SMARTS) is 1. The molecule has 2 aliphatic heterocycles. The number of aliphatic hydroxyl groups excluding tert-OH is 1. The first kappa shape index (κ1) is 16.7. The number of piperazine rings is 1. The van der Waals surface area contributed by atoms with Crippen molar-refractivity contribution in [2.24, 2.45) is 0 Å². The van der Waals surface area contributed by atoms with Crippen LogP contribution < -0.4 is 9.80 Å². The zero-order valence-corrected chi connectivity index (χ0v) is 13.9. The van der Waals surface area contributed by atoms with Crippen molar-refractivity contribution < 1.29 is 19.4 Å². The number of rotatable bonds is 3. The third-order valence-electron chi connectivity index (χ3n) is 4.72. The van der Waals surface area contributed by atoms with Crippen molar-refractivity contribution in [1.29, 1.82) is 0 Å². The number of hydrogen-bond donors (Lipinski definition) is 2. The zero-order chi connectivity index (χ0) is 17.4. The van der Waals surface area contributed by atoms with Gasteiger partial charge in [-0.3, -0.25) is 0 Å². The Bertz CT molecular complexity index is 684. The van der Waals surface area contributed by atoms with E-state index in [2.05, 4.69) is 4.90 Å². The molecule has 1 fully saturated rings. The molecule has 0 spiro atoms. The minimum atomic E-state index is -1.32. The van der Waals surface area contributed by atoms with Crippen molar-refractivity contribution in [3.05, 3.63) is 35.3 Å². The van der Waals surface area contributed by atoms with Crippen LogP contribution >= 0.6 is 0 Å². The van der Waals surface area contributed by atoms with Crippen molar-refractivity contribution in [3.8, 4) is 0 Å².